The van der Waals surface area contributed by atoms with Crippen molar-refractivity contribution in [2.24, 2.45) is 0 Å². The van der Waals surface area contributed by atoms with Gasteiger partial charge in [0.25, 0.3) is 0 Å². The van der Waals surface area contributed by atoms with Crippen LogP contribution in [0, 0.1) is 6.92 Å². The van der Waals surface area contributed by atoms with Crippen molar-refractivity contribution in [3.05, 3.63) is 41.5 Å². The van der Waals surface area contributed by atoms with E-state index in [0.29, 0.717) is 6.42 Å². The van der Waals surface area contributed by atoms with Crippen LogP contribution in [0.4, 0.5) is 4.79 Å². The van der Waals surface area contributed by atoms with Crippen molar-refractivity contribution in [1.82, 2.24) is 4.90 Å². The number of aryl methyl sites for hydroxylation is 1. The minimum Gasteiger partial charge on any atom is -0.443 e. The highest BCUT2D eigenvalue weighted by Gasteiger charge is 2.41. The van der Waals surface area contributed by atoms with E-state index in [4.69, 9.17) is 4.74 Å². The Kier molecular flexibility index (Phi) is 4.16. The molecule has 1 aromatic rings. The van der Waals surface area contributed by atoms with Crippen molar-refractivity contribution in [3.63, 3.8) is 0 Å². The fourth-order valence-electron chi connectivity index (χ4n) is 2.13. The number of β-lactam (4-membered cyclic amide) rings is 1. The molecule has 0 aromatic heterocycles. The molecular formula is C17H21NO3. The average Bonchev–Trinajstić information content (AvgIpc) is 2.33. The van der Waals surface area contributed by atoms with Crippen molar-refractivity contribution in [2.75, 3.05) is 0 Å². The van der Waals surface area contributed by atoms with E-state index < -0.39 is 11.7 Å². The molecule has 1 unspecified atom stereocenters. The number of imide groups is 1. The third-order valence-electron chi connectivity index (χ3n) is 3.26. The largest absolute Gasteiger partial charge is 0.443 e. The zero-order valence-corrected chi connectivity index (χ0v) is 12.9. The van der Waals surface area contributed by atoms with Gasteiger partial charge in [0.2, 0.25) is 5.91 Å². The minimum atomic E-state index is -0.600. The summed E-state index contributed by atoms with van der Waals surface area (Å²) in [6.45, 7) is 7.38. The average molecular weight is 287 g/mol. The fourth-order valence-corrected chi connectivity index (χ4v) is 2.13. The number of rotatable bonds is 2. The van der Waals surface area contributed by atoms with Gasteiger partial charge in [-0.1, -0.05) is 36.4 Å². The van der Waals surface area contributed by atoms with Crippen molar-refractivity contribution in [3.8, 4) is 0 Å². The number of nitrogens with zero attached hydrogens (tertiary/aromatic N) is 1. The minimum absolute atomic E-state index is 0.191. The molecule has 1 aromatic carbocycles. The van der Waals surface area contributed by atoms with E-state index in [0.717, 1.165) is 11.1 Å². The molecule has 1 saturated heterocycles. The first-order valence-corrected chi connectivity index (χ1v) is 7.07. The number of carbonyl (C=O) groups excluding carboxylic acids is 2. The van der Waals surface area contributed by atoms with Crippen LogP contribution in [0.25, 0.3) is 6.08 Å². The number of carbonyl (C=O) groups is 2. The van der Waals surface area contributed by atoms with Gasteiger partial charge >= 0.3 is 6.09 Å². The van der Waals surface area contributed by atoms with Gasteiger partial charge in [-0.3, -0.25) is 4.79 Å². The summed E-state index contributed by atoms with van der Waals surface area (Å²) in [5.74, 6) is -0.191. The van der Waals surface area contributed by atoms with Gasteiger partial charge in [-0.05, 0) is 38.8 Å². The van der Waals surface area contributed by atoms with Crippen LogP contribution in [0.15, 0.2) is 30.3 Å². The lowest BCUT2D eigenvalue weighted by molar-refractivity contribution is -0.141. The monoisotopic (exact) mass is 287 g/mol. The molecule has 0 spiro atoms. The van der Waals surface area contributed by atoms with E-state index in [1.54, 1.807) is 20.8 Å². The van der Waals surface area contributed by atoms with E-state index in [1.807, 2.05) is 43.3 Å². The zero-order valence-electron chi connectivity index (χ0n) is 12.9. The van der Waals surface area contributed by atoms with Crippen LogP contribution in [0.2, 0.25) is 0 Å². The standard InChI is InChI=1S/C17H21NO3/c1-12-7-5-6-8-13(12)9-10-14-11-15(19)18(14)16(20)21-17(2,3)4/h5-10,14H,11H2,1-4H3. The van der Waals surface area contributed by atoms with Gasteiger partial charge < -0.3 is 4.74 Å². The quantitative estimate of drug-likeness (QED) is 0.782. The summed E-state index contributed by atoms with van der Waals surface area (Å²) in [5, 5.41) is 0. The van der Waals surface area contributed by atoms with E-state index in [9.17, 15) is 9.59 Å². The Balaban J connectivity index is 2.06. The predicted octanol–water partition coefficient (Wildman–Crippen LogP) is 3.54. The molecule has 4 nitrogen and oxygen atoms in total. The van der Waals surface area contributed by atoms with Gasteiger partial charge in [-0.2, -0.15) is 0 Å². The number of benzene rings is 1. The first-order valence-electron chi connectivity index (χ1n) is 7.07. The molecule has 0 saturated carbocycles. The van der Waals surface area contributed by atoms with Crippen molar-refractivity contribution >= 4 is 18.1 Å². The first-order chi connectivity index (χ1) is 9.78. The molecule has 21 heavy (non-hydrogen) atoms. The predicted molar refractivity (Wildman–Crippen MR) is 81.7 cm³/mol. The zero-order chi connectivity index (χ0) is 15.6. The third-order valence-corrected chi connectivity index (χ3v) is 3.26. The molecule has 2 rings (SSSR count). The van der Waals surface area contributed by atoms with Crippen LogP contribution >= 0.6 is 0 Å². The molecule has 0 aliphatic carbocycles. The first kappa shape index (κ1) is 15.3. The van der Waals surface area contributed by atoms with Crippen LogP contribution in [0.5, 0.6) is 0 Å². The van der Waals surface area contributed by atoms with Crippen LogP contribution in [-0.4, -0.2) is 28.5 Å². The van der Waals surface area contributed by atoms with E-state index in [1.165, 1.54) is 4.90 Å². The molecule has 0 bridgehead atoms. The molecule has 112 valence electrons. The molecule has 1 atom stereocenters. The number of likely N-dealkylation sites (tertiary alicyclic amines) is 1. The third kappa shape index (κ3) is 3.72. The molecule has 2 amide bonds. The highest BCUT2D eigenvalue weighted by Crippen LogP contribution is 2.24. The number of amides is 2. The van der Waals surface area contributed by atoms with Crippen LogP contribution in [-0.2, 0) is 9.53 Å². The van der Waals surface area contributed by atoms with Gasteiger partial charge in [-0.25, -0.2) is 9.69 Å². The summed E-state index contributed by atoms with van der Waals surface area (Å²) in [5.41, 5.74) is 1.64. The van der Waals surface area contributed by atoms with Gasteiger partial charge in [-0.15, -0.1) is 0 Å². The van der Waals surface area contributed by atoms with Crippen molar-refractivity contribution in [2.45, 2.75) is 45.8 Å². The lowest BCUT2D eigenvalue weighted by Gasteiger charge is -2.37. The Morgan fingerprint density at radius 3 is 2.57 bits per heavy atom. The fraction of sp³-hybridized carbons (Fsp3) is 0.412. The smallest absolute Gasteiger partial charge is 0.417 e. The maximum absolute atomic E-state index is 12.0. The summed E-state index contributed by atoms with van der Waals surface area (Å²) in [7, 11) is 0. The van der Waals surface area contributed by atoms with E-state index >= 15 is 0 Å². The number of hydrogen-bond acceptors (Lipinski definition) is 3. The number of ether oxygens (including phenoxy) is 1. The summed E-state index contributed by atoms with van der Waals surface area (Å²) in [4.78, 5) is 24.8. The second-order valence-corrected chi connectivity index (χ2v) is 6.23. The van der Waals surface area contributed by atoms with Crippen LogP contribution in [0.3, 0.4) is 0 Å². The highest BCUT2D eigenvalue weighted by molar-refractivity contribution is 5.98. The molecule has 1 fully saturated rings. The molecule has 0 radical (unpaired) electrons. The molecule has 4 heteroatoms. The Labute approximate surface area is 125 Å². The Hall–Kier alpha value is -2.10. The van der Waals surface area contributed by atoms with E-state index in [2.05, 4.69) is 0 Å². The lowest BCUT2D eigenvalue weighted by atomic mass is 10.00. The highest BCUT2D eigenvalue weighted by atomic mass is 16.6. The number of hydrogen-bond donors (Lipinski definition) is 0. The SMILES string of the molecule is Cc1ccccc1C=CC1CC(=O)N1C(=O)OC(C)(C)C. The second kappa shape index (κ2) is 5.72. The van der Waals surface area contributed by atoms with Crippen LogP contribution in [0.1, 0.15) is 38.3 Å². The molecule has 1 heterocycles. The molecular weight excluding hydrogens is 266 g/mol. The molecule has 1 aliphatic rings. The van der Waals surface area contributed by atoms with E-state index in [-0.39, 0.29) is 11.9 Å². The Bertz CT molecular complexity index is 584. The molecule has 1 aliphatic heterocycles. The molecule has 0 N–H and O–H groups in total. The normalized spacial score (nSPS) is 18.8. The summed E-state index contributed by atoms with van der Waals surface area (Å²) in [6.07, 6.45) is 3.61. The maximum atomic E-state index is 12.0. The Morgan fingerprint density at radius 2 is 2.00 bits per heavy atom. The summed E-state index contributed by atoms with van der Waals surface area (Å²) >= 11 is 0. The van der Waals surface area contributed by atoms with Gasteiger partial charge in [0.1, 0.15) is 5.60 Å². The van der Waals surface area contributed by atoms with Crippen LogP contribution < -0.4 is 0 Å². The maximum Gasteiger partial charge on any atom is 0.417 e. The topological polar surface area (TPSA) is 46.6 Å². The lowest BCUT2D eigenvalue weighted by Crippen LogP contribution is -2.55. The van der Waals surface area contributed by atoms with Gasteiger partial charge in [0, 0.05) is 0 Å². The second-order valence-electron chi connectivity index (χ2n) is 6.23. The van der Waals surface area contributed by atoms with Crippen molar-refractivity contribution < 1.29 is 14.3 Å². The Morgan fingerprint density at radius 1 is 1.33 bits per heavy atom. The summed E-state index contributed by atoms with van der Waals surface area (Å²) in [6, 6.07) is 7.75. The van der Waals surface area contributed by atoms with Gasteiger partial charge in [0.15, 0.2) is 0 Å². The van der Waals surface area contributed by atoms with Gasteiger partial charge in [0.05, 0.1) is 12.5 Å². The van der Waals surface area contributed by atoms with Crippen molar-refractivity contribution in [1.29, 1.82) is 0 Å². The summed E-state index contributed by atoms with van der Waals surface area (Å²) < 4.78 is 5.25.